The molecule has 0 atom stereocenters. The maximum Gasteiger partial charge on any atom is 0.167 e. The lowest BCUT2D eigenvalue weighted by Gasteiger charge is -2.13. The predicted octanol–water partition coefficient (Wildman–Crippen LogP) is 4.08. The van der Waals surface area contributed by atoms with E-state index in [4.69, 9.17) is 0 Å². The zero-order valence-corrected chi connectivity index (χ0v) is 12.9. The van der Waals surface area contributed by atoms with Gasteiger partial charge in [0.1, 0.15) is 5.82 Å². The van der Waals surface area contributed by atoms with Crippen molar-refractivity contribution in [3.05, 3.63) is 63.9 Å². The Morgan fingerprint density at radius 1 is 1.20 bits per heavy atom. The van der Waals surface area contributed by atoms with Crippen LogP contribution in [0.25, 0.3) is 0 Å². The van der Waals surface area contributed by atoms with Crippen molar-refractivity contribution in [3.8, 4) is 0 Å². The zero-order chi connectivity index (χ0) is 14.7. The minimum Gasteiger partial charge on any atom is -0.378 e. The summed E-state index contributed by atoms with van der Waals surface area (Å²) in [7, 11) is 3.83. The average molecular weight is 336 g/mol. The molecular weight excluding hydrogens is 321 g/mol. The highest BCUT2D eigenvalue weighted by Crippen LogP contribution is 2.19. The Morgan fingerprint density at radius 2 is 1.95 bits per heavy atom. The molecule has 20 heavy (non-hydrogen) atoms. The molecule has 0 aromatic heterocycles. The van der Waals surface area contributed by atoms with E-state index in [9.17, 15) is 9.18 Å². The van der Waals surface area contributed by atoms with Gasteiger partial charge in [0.2, 0.25) is 0 Å². The van der Waals surface area contributed by atoms with Crippen LogP contribution in [-0.4, -0.2) is 19.9 Å². The van der Waals surface area contributed by atoms with Crippen molar-refractivity contribution in [3.63, 3.8) is 0 Å². The molecule has 0 fully saturated rings. The van der Waals surface area contributed by atoms with Gasteiger partial charge in [0.15, 0.2) is 5.78 Å². The van der Waals surface area contributed by atoms with Crippen LogP contribution in [-0.2, 0) is 6.42 Å². The Balaban J connectivity index is 2.21. The van der Waals surface area contributed by atoms with Crippen molar-refractivity contribution in [2.24, 2.45) is 0 Å². The molecule has 0 saturated carbocycles. The lowest BCUT2D eigenvalue weighted by molar-refractivity contribution is 0.0992. The Labute approximate surface area is 126 Å². The number of rotatable bonds is 4. The van der Waals surface area contributed by atoms with Gasteiger partial charge in [-0.15, -0.1) is 0 Å². The monoisotopic (exact) mass is 335 g/mol. The highest BCUT2D eigenvalue weighted by atomic mass is 79.9. The minimum absolute atomic E-state index is 0.0655. The van der Waals surface area contributed by atoms with E-state index < -0.39 is 0 Å². The van der Waals surface area contributed by atoms with E-state index >= 15 is 0 Å². The van der Waals surface area contributed by atoms with Crippen molar-refractivity contribution in [1.82, 2.24) is 0 Å². The molecule has 0 radical (unpaired) electrons. The number of carbonyl (C=O) groups excluding carboxylic acids is 1. The molecular formula is C16H15BrFNO. The number of hydrogen-bond donors (Lipinski definition) is 0. The van der Waals surface area contributed by atoms with Gasteiger partial charge in [-0.1, -0.05) is 34.1 Å². The third-order valence-electron chi connectivity index (χ3n) is 3.05. The lowest BCUT2D eigenvalue weighted by atomic mass is 10.0. The third-order valence-corrected chi connectivity index (χ3v) is 3.54. The molecule has 4 heteroatoms. The summed E-state index contributed by atoms with van der Waals surface area (Å²) in [5.41, 5.74) is 1.96. The zero-order valence-electron chi connectivity index (χ0n) is 11.4. The summed E-state index contributed by atoms with van der Waals surface area (Å²) in [6, 6.07) is 12.1. The largest absolute Gasteiger partial charge is 0.378 e. The summed E-state index contributed by atoms with van der Waals surface area (Å²) in [4.78, 5) is 14.2. The van der Waals surface area contributed by atoms with Crippen LogP contribution in [0.1, 0.15) is 15.9 Å². The van der Waals surface area contributed by atoms with E-state index in [1.54, 1.807) is 18.2 Å². The second kappa shape index (κ2) is 6.18. The summed E-state index contributed by atoms with van der Waals surface area (Å²) in [5.74, 6) is -0.452. The lowest BCUT2D eigenvalue weighted by Crippen LogP contribution is -2.10. The fourth-order valence-corrected chi connectivity index (χ4v) is 2.23. The van der Waals surface area contributed by atoms with Crippen molar-refractivity contribution >= 4 is 27.4 Å². The molecule has 0 aliphatic heterocycles. The van der Waals surface area contributed by atoms with Gasteiger partial charge in [-0.25, -0.2) is 4.39 Å². The number of halogens is 2. The number of anilines is 1. The molecule has 0 heterocycles. The quantitative estimate of drug-likeness (QED) is 0.784. The van der Waals surface area contributed by atoms with Crippen LogP contribution in [0.15, 0.2) is 46.9 Å². The second-order valence-electron chi connectivity index (χ2n) is 4.78. The minimum atomic E-state index is -0.364. The first-order chi connectivity index (χ1) is 9.47. The van der Waals surface area contributed by atoms with Crippen LogP contribution in [0.4, 0.5) is 10.1 Å². The topological polar surface area (TPSA) is 20.3 Å². The van der Waals surface area contributed by atoms with E-state index in [-0.39, 0.29) is 18.0 Å². The van der Waals surface area contributed by atoms with Gasteiger partial charge in [0, 0.05) is 36.2 Å². The van der Waals surface area contributed by atoms with Crippen LogP contribution in [0.3, 0.4) is 0 Å². The maximum absolute atomic E-state index is 13.7. The Bertz CT molecular complexity index is 640. The number of nitrogens with zero attached hydrogens (tertiary/aromatic N) is 1. The molecule has 2 aromatic carbocycles. The van der Waals surface area contributed by atoms with Crippen LogP contribution in [0.2, 0.25) is 0 Å². The van der Waals surface area contributed by atoms with Gasteiger partial charge in [-0.2, -0.15) is 0 Å². The molecule has 0 unspecified atom stereocenters. The molecule has 2 aromatic rings. The molecule has 0 spiro atoms. The predicted molar refractivity (Wildman–Crippen MR) is 82.9 cm³/mol. The molecule has 0 aliphatic rings. The van der Waals surface area contributed by atoms with Gasteiger partial charge in [-0.05, 0) is 29.8 Å². The summed E-state index contributed by atoms with van der Waals surface area (Å²) in [6.07, 6.45) is 0.0655. The fourth-order valence-electron chi connectivity index (χ4n) is 1.90. The van der Waals surface area contributed by atoms with Crippen LogP contribution in [0.5, 0.6) is 0 Å². The highest BCUT2D eigenvalue weighted by Gasteiger charge is 2.11. The molecule has 104 valence electrons. The Morgan fingerprint density at radius 3 is 2.60 bits per heavy atom. The van der Waals surface area contributed by atoms with Crippen molar-refractivity contribution in [2.75, 3.05) is 19.0 Å². The van der Waals surface area contributed by atoms with E-state index in [1.807, 2.05) is 37.2 Å². The normalized spacial score (nSPS) is 10.4. The number of carbonyl (C=O) groups is 1. The van der Waals surface area contributed by atoms with Crippen LogP contribution < -0.4 is 4.90 Å². The fraction of sp³-hybridized carbons (Fsp3) is 0.188. The number of hydrogen-bond acceptors (Lipinski definition) is 2. The highest BCUT2D eigenvalue weighted by molar-refractivity contribution is 9.10. The van der Waals surface area contributed by atoms with Gasteiger partial charge < -0.3 is 4.90 Å². The molecule has 0 bridgehead atoms. The molecule has 0 saturated heterocycles. The van der Waals surface area contributed by atoms with Gasteiger partial charge in [0.25, 0.3) is 0 Å². The SMILES string of the molecule is CN(C)c1cccc(C(=O)Cc2ccc(Br)cc2F)c1. The summed E-state index contributed by atoms with van der Waals surface area (Å²) in [5, 5.41) is 0. The summed E-state index contributed by atoms with van der Waals surface area (Å²) < 4.78 is 14.4. The van der Waals surface area contributed by atoms with E-state index in [2.05, 4.69) is 15.9 Å². The van der Waals surface area contributed by atoms with Crippen molar-refractivity contribution in [1.29, 1.82) is 0 Å². The van der Waals surface area contributed by atoms with Crippen LogP contribution >= 0.6 is 15.9 Å². The van der Waals surface area contributed by atoms with E-state index in [0.29, 0.717) is 15.6 Å². The first kappa shape index (κ1) is 14.7. The number of benzene rings is 2. The maximum atomic E-state index is 13.7. The molecule has 0 N–H and O–H groups in total. The van der Waals surface area contributed by atoms with E-state index in [1.165, 1.54) is 6.07 Å². The molecule has 0 amide bonds. The first-order valence-corrected chi connectivity index (χ1v) is 7.01. The Hall–Kier alpha value is -1.68. The molecule has 0 aliphatic carbocycles. The third kappa shape index (κ3) is 3.45. The van der Waals surface area contributed by atoms with Gasteiger partial charge in [-0.3, -0.25) is 4.79 Å². The summed E-state index contributed by atoms with van der Waals surface area (Å²) in [6.45, 7) is 0. The average Bonchev–Trinajstić information content (AvgIpc) is 2.42. The second-order valence-corrected chi connectivity index (χ2v) is 5.70. The summed E-state index contributed by atoms with van der Waals surface area (Å²) >= 11 is 3.20. The number of ketones is 1. The van der Waals surface area contributed by atoms with Crippen molar-refractivity contribution < 1.29 is 9.18 Å². The van der Waals surface area contributed by atoms with Crippen LogP contribution in [0, 0.1) is 5.82 Å². The first-order valence-electron chi connectivity index (χ1n) is 6.22. The number of Topliss-reactive ketones (excluding diaryl/α,β-unsaturated/α-hetero) is 1. The van der Waals surface area contributed by atoms with Gasteiger partial charge in [0.05, 0.1) is 0 Å². The van der Waals surface area contributed by atoms with Crippen molar-refractivity contribution in [2.45, 2.75) is 6.42 Å². The smallest absolute Gasteiger partial charge is 0.167 e. The molecule has 2 nitrogen and oxygen atoms in total. The Kier molecular flexibility index (Phi) is 4.55. The molecule has 2 rings (SSSR count). The standard InChI is InChI=1S/C16H15BrFNO/c1-19(2)14-5-3-4-12(8-14)16(20)9-11-6-7-13(17)10-15(11)18/h3-8,10H,9H2,1-2H3. The van der Waals surface area contributed by atoms with E-state index in [0.717, 1.165) is 5.69 Å². The van der Waals surface area contributed by atoms with Gasteiger partial charge >= 0.3 is 0 Å².